The number of nitrogens with zero attached hydrogens (tertiary/aromatic N) is 3. The van der Waals surface area contributed by atoms with Gasteiger partial charge in [0.1, 0.15) is 23.3 Å². The fourth-order valence-corrected chi connectivity index (χ4v) is 7.05. The first-order valence-electron chi connectivity index (χ1n) is 13.1. The summed E-state index contributed by atoms with van der Waals surface area (Å²) in [5.74, 6) is -25.0. The van der Waals surface area contributed by atoms with Crippen LogP contribution in [0.1, 0.15) is 73.7 Å². The molecule has 4 rings (SSSR count). The average Bonchev–Trinajstić information content (AvgIpc) is 3.41. The highest BCUT2D eigenvalue weighted by Gasteiger charge is 2.61. The van der Waals surface area contributed by atoms with E-state index in [1.807, 2.05) is 0 Å². The third kappa shape index (κ3) is 4.85. The molecule has 0 N–H and O–H groups in total. The molecule has 2 aromatic carbocycles. The predicted molar refractivity (Wildman–Crippen MR) is 145 cm³/mol. The topological polar surface area (TPSA) is 21.2 Å². The number of fused-ring (bicyclic) bond motifs is 1. The van der Waals surface area contributed by atoms with Gasteiger partial charge in [0.25, 0.3) is 0 Å². The number of aromatic nitrogens is 2. The Labute approximate surface area is 245 Å². The summed E-state index contributed by atoms with van der Waals surface area (Å²) in [6.45, 7) is 14.7. The molecule has 0 saturated carbocycles. The Kier molecular flexibility index (Phi) is 7.68. The molecule has 0 amide bonds. The fourth-order valence-electron chi connectivity index (χ4n) is 5.18. The normalized spacial score (nSPS) is 16.4. The van der Waals surface area contributed by atoms with Crippen molar-refractivity contribution in [1.82, 2.24) is 4.68 Å². The number of halogens is 10. The summed E-state index contributed by atoms with van der Waals surface area (Å²) in [5, 5.41) is -0.235. The van der Waals surface area contributed by atoms with Gasteiger partial charge < -0.3 is 4.59 Å². The van der Waals surface area contributed by atoms with Gasteiger partial charge in [-0.3, -0.25) is 4.99 Å². The highest BCUT2D eigenvalue weighted by Crippen LogP contribution is 2.39. The minimum atomic E-state index is -4.38. The van der Waals surface area contributed by atoms with E-state index in [1.165, 1.54) is 10.7 Å². The van der Waals surface area contributed by atoms with E-state index in [2.05, 4.69) is 4.99 Å². The molecule has 0 aliphatic carbocycles. The molecule has 43 heavy (non-hydrogen) atoms. The van der Waals surface area contributed by atoms with Crippen molar-refractivity contribution in [2.24, 2.45) is 4.99 Å². The van der Waals surface area contributed by atoms with E-state index in [0.29, 0.717) is 5.69 Å². The average molecular weight is 639 g/mol. The Bertz CT molecular complexity index is 1580. The first-order chi connectivity index (χ1) is 19.4. The van der Waals surface area contributed by atoms with E-state index in [0.717, 1.165) is 4.59 Å². The van der Waals surface area contributed by atoms with E-state index in [4.69, 9.17) is 0 Å². The van der Waals surface area contributed by atoms with Crippen LogP contribution in [0.15, 0.2) is 11.1 Å². The third-order valence-electron chi connectivity index (χ3n) is 7.00. The van der Waals surface area contributed by atoms with Crippen LogP contribution in [0, 0.1) is 58.2 Å². The van der Waals surface area contributed by atoms with Gasteiger partial charge in [-0.2, -0.15) is 4.68 Å². The van der Waals surface area contributed by atoms with Crippen LogP contribution in [0.4, 0.5) is 43.9 Å². The van der Waals surface area contributed by atoms with Crippen LogP contribution in [0.5, 0.6) is 0 Å². The maximum Gasteiger partial charge on any atom is 0.429 e. The maximum atomic E-state index is 15.9. The summed E-state index contributed by atoms with van der Waals surface area (Å²) < 4.78 is 153. The third-order valence-corrected chi connectivity index (χ3v) is 8.49. The minimum Gasteiger partial charge on any atom is -0.303 e. The van der Waals surface area contributed by atoms with E-state index in [-0.39, 0.29) is 22.5 Å². The van der Waals surface area contributed by atoms with E-state index in [9.17, 15) is 26.3 Å². The van der Waals surface area contributed by atoms with Crippen molar-refractivity contribution in [1.29, 1.82) is 0 Å². The number of hydrogen-bond acceptors (Lipinski definition) is 2. The van der Waals surface area contributed by atoms with Crippen molar-refractivity contribution in [2.75, 3.05) is 0 Å². The van der Waals surface area contributed by atoms with Gasteiger partial charge in [-0.05, 0) is 31.7 Å². The number of benzene rings is 2. The SMILES string of the molecule is CC(C)(C)N=C1S[B-](c2c(F)c(F)c(F)c(F)c2F)(c2c(F)c(F)c(F)c(F)c2F)[n+]2c(C(C)(C)C)cc(C(C)(C)C)n21. The van der Waals surface area contributed by atoms with Gasteiger partial charge >= 0.3 is 5.56 Å². The van der Waals surface area contributed by atoms with Crippen LogP contribution in [0.25, 0.3) is 0 Å². The lowest BCUT2D eigenvalue weighted by molar-refractivity contribution is -0.626. The van der Waals surface area contributed by atoms with Gasteiger partial charge in [0.15, 0.2) is 45.8 Å². The first kappa shape index (κ1) is 32.9. The van der Waals surface area contributed by atoms with Crippen LogP contribution < -0.4 is 15.5 Å². The lowest BCUT2D eigenvalue weighted by atomic mass is 9.47. The Balaban J connectivity index is 2.48. The molecule has 3 aromatic rings. The molecule has 0 saturated heterocycles. The largest absolute Gasteiger partial charge is 0.429 e. The van der Waals surface area contributed by atoms with Crippen molar-refractivity contribution in [3.63, 3.8) is 0 Å². The first-order valence-corrected chi connectivity index (χ1v) is 13.9. The molecular formula is C28H28BF10N3S. The molecular weight excluding hydrogens is 611 g/mol. The number of rotatable bonds is 2. The van der Waals surface area contributed by atoms with Crippen LogP contribution in [0.2, 0.25) is 0 Å². The molecule has 1 aliphatic rings. The van der Waals surface area contributed by atoms with E-state index < -0.39 is 91.0 Å². The van der Waals surface area contributed by atoms with Gasteiger partial charge in [-0.15, -0.1) is 0 Å². The zero-order chi connectivity index (χ0) is 32.9. The second-order valence-corrected chi connectivity index (χ2v) is 14.7. The summed E-state index contributed by atoms with van der Waals surface area (Å²) >= 11 is 0.157. The lowest BCUT2D eigenvalue weighted by Gasteiger charge is -2.33. The smallest absolute Gasteiger partial charge is 0.303 e. The van der Waals surface area contributed by atoms with Gasteiger partial charge in [0.05, 0.1) is 11.2 Å². The van der Waals surface area contributed by atoms with Crippen LogP contribution in [-0.4, -0.2) is 20.9 Å². The van der Waals surface area contributed by atoms with Crippen molar-refractivity contribution in [3.8, 4) is 0 Å². The molecule has 1 aliphatic heterocycles. The highest BCUT2D eigenvalue weighted by atomic mass is 32.2. The highest BCUT2D eigenvalue weighted by molar-refractivity contribution is 8.41. The molecule has 234 valence electrons. The maximum absolute atomic E-state index is 15.9. The monoisotopic (exact) mass is 639 g/mol. The molecule has 0 spiro atoms. The Morgan fingerprint density at radius 3 is 1.23 bits per heavy atom. The predicted octanol–water partition coefficient (Wildman–Crippen LogP) is 6.62. The molecule has 1 aromatic heterocycles. The van der Waals surface area contributed by atoms with Crippen molar-refractivity contribution >= 4 is 33.3 Å². The van der Waals surface area contributed by atoms with Crippen LogP contribution >= 0.6 is 11.6 Å². The summed E-state index contributed by atoms with van der Waals surface area (Å²) in [6.07, 6.45) is 0. The Hall–Kier alpha value is -2.97. The molecule has 0 bridgehead atoms. The summed E-state index contributed by atoms with van der Waals surface area (Å²) in [7, 11) is 0. The van der Waals surface area contributed by atoms with Crippen LogP contribution in [0.3, 0.4) is 0 Å². The zero-order valence-electron chi connectivity index (χ0n) is 24.7. The fraction of sp³-hybridized carbons (Fsp3) is 0.429. The second-order valence-electron chi connectivity index (χ2n) is 13.5. The van der Waals surface area contributed by atoms with Gasteiger partial charge in [0, 0.05) is 16.9 Å². The molecule has 0 radical (unpaired) electrons. The minimum absolute atomic E-state index is 0.0249. The Morgan fingerprint density at radius 1 is 0.581 bits per heavy atom. The van der Waals surface area contributed by atoms with Gasteiger partial charge in [0.2, 0.25) is 0 Å². The number of aliphatic imine (C=N–C) groups is 1. The quantitative estimate of drug-likeness (QED) is 0.134. The van der Waals surface area contributed by atoms with Gasteiger partial charge in [-0.25, -0.2) is 55.5 Å². The molecule has 0 fully saturated rings. The molecule has 2 heterocycles. The van der Waals surface area contributed by atoms with Crippen LogP contribution in [-0.2, 0) is 10.8 Å². The van der Waals surface area contributed by atoms with Crippen molar-refractivity contribution < 1.29 is 48.5 Å². The van der Waals surface area contributed by atoms with Crippen molar-refractivity contribution in [3.05, 3.63) is 75.6 Å². The molecule has 0 atom stereocenters. The summed E-state index contributed by atoms with van der Waals surface area (Å²) in [6, 6.07) is 1.49. The van der Waals surface area contributed by atoms with Crippen molar-refractivity contribution in [2.45, 2.75) is 78.7 Å². The molecule has 3 nitrogen and oxygen atoms in total. The second kappa shape index (κ2) is 10.0. The Morgan fingerprint density at radius 2 is 0.930 bits per heavy atom. The van der Waals surface area contributed by atoms with E-state index >= 15 is 17.6 Å². The molecule has 15 heteroatoms. The summed E-state index contributed by atoms with van der Waals surface area (Å²) in [4.78, 5) is 4.53. The van der Waals surface area contributed by atoms with Gasteiger partial charge in [-0.1, -0.05) is 41.5 Å². The lowest BCUT2D eigenvalue weighted by Crippen LogP contribution is -2.81. The number of hydrogen-bond donors (Lipinski definition) is 0. The van der Waals surface area contributed by atoms with E-state index in [1.54, 1.807) is 62.3 Å². The zero-order valence-corrected chi connectivity index (χ0v) is 25.5. The standard InChI is InChI=1S/C28H28BF10N3S/c1-26(2,3)11-10-12(27(4,5)6)42-29(43-25(41(11)42)40-28(7,8)9,13-15(30)19(34)23(38)20(35)16(13)31)14-17(32)21(36)24(39)22(37)18(14)33/h10H,1-9H3. The molecule has 0 unspecified atom stereocenters. The summed E-state index contributed by atoms with van der Waals surface area (Å²) in [5.41, 5.74) is -10.6.